The first-order chi connectivity index (χ1) is 7.51. The van der Waals surface area contributed by atoms with Crippen molar-refractivity contribution < 1.29 is 14.0 Å². The SMILES string of the molecule is CCC(CC)OP(=O)(O)c1ccccc1C. The number of benzene rings is 1. The summed E-state index contributed by atoms with van der Waals surface area (Å²) in [6.07, 6.45) is 1.33. The van der Waals surface area contributed by atoms with E-state index in [1.807, 2.05) is 32.9 Å². The van der Waals surface area contributed by atoms with Gasteiger partial charge in [-0.3, -0.25) is 4.57 Å². The van der Waals surface area contributed by atoms with Gasteiger partial charge in [-0.25, -0.2) is 0 Å². The van der Waals surface area contributed by atoms with Crippen LogP contribution in [0.25, 0.3) is 0 Å². The summed E-state index contributed by atoms with van der Waals surface area (Å²) in [6.45, 7) is 5.71. The van der Waals surface area contributed by atoms with Crippen molar-refractivity contribution in [2.24, 2.45) is 0 Å². The molecule has 0 radical (unpaired) electrons. The Morgan fingerprint density at radius 1 is 1.31 bits per heavy atom. The molecule has 0 saturated carbocycles. The van der Waals surface area contributed by atoms with Crippen LogP contribution in [0.4, 0.5) is 0 Å². The third-order valence-electron chi connectivity index (χ3n) is 2.62. The first-order valence-electron chi connectivity index (χ1n) is 5.58. The minimum Gasteiger partial charge on any atom is -0.321 e. The van der Waals surface area contributed by atoms with Crippen molar-refractivity contribution in [2.75, 3.05) is 0 Å². The maximum atomic E-state index is 12.1. The van der Waals surface area contributed by atoms with Gasteiger partial charge >= 0.3 is 7.60 Å². The van der Waals surface area contributed by atoms with E-state index in [2.05, 4.69) is 0 Å². The average Bonchev–Trinajstić information content (AvgIpc) is 2.26. The normalized spacial score (nSPS) is 15.1. The summed E-state index contributed by atoms with van der Waals surface area (Å²) < 4.78 is 17.4. The molecule has 1 atom stereocenters. The average molecular weight is 242 g/mol. The molecular weight excluding hydrogens is 223 g/mol. The predicted octanol–water partition coefficient (Wildman–Crippen LogP) is 3.01. The summed E-state index contributed by atoms with van der Waals surface area (Å²) in [5.74, 6) is 0. The Labute approximate surface area is 97.0 Å². The monoisotopic (exact) mass is 242 g/mol. The largest absolute Gasteiger partial charge is 0.359 e. The van der Waals surface area contributed by atoms with Gasteiger partial charge in [0, 0.05) is 0 Å². The Balaban J connectivity index is 2.94. The zero-order valence-corrected chi connectivity index (χ0v) is 10.9. The highest BCUT2D eigenvalue weighted by Gasteiger charge is 2.27. The Kier molecular flexibility index (Phi) is 4.72. The molecule has 0 spiro atoms. The van der Waals surface area contributed by atoms with Gasteiger partial charge in [0.05, 0.1) is 11.4 Å². The molecule has 1 unspecified atom stereocenters. The lowest BCUT2D eigenvalue weighted by atomic mass is 10.2. The molecule has 4 heteroatoms. The second-order valence-corrected chi connectivity index (χ2v) is 5.58. The van der Waals surface area contributed by atoms with Crippen LogP contribution in [-0.2, 0) is 9.09 Å². The molecule has 0 aromatic heterocycles. The maximum absolute atomic E-state index is 12.1. The van der Waals surface area contributed by atoms with Crippen LogP contribution < -0.4 is 5.30 Å². The van der Waals surface area contributed by atoms with Gasteiger partial charge in [-0.15, -0.1) is 0 Å². The second-order valence-electron chi connectivity index (χ2n) is 3.85. The number of hydrogen-bond acceptors (Lipinski definition) is 2. The van der Waals surface area contributed by atoms with Crippen LogP contribution in [-0.4, -0.2) is 11.0 Å². The molecule has 0 bridgehead atoms. The van der Waals surface area contributed by atoms with Crippen molar-refractivity contribution in [1.82, 2.24) is 0 Å². The Bertz CT molecular complexity index is 386. The molecule has 0 fully saturated rings. The summed E-state index contributed by atoms with van der Waals surface area (Å²) in [4.78, 5) is 9.93. The van der Waals surface area contributed by atoms with E-state index in [1.165, 1.54) is 0 Å². The lowest BCUT2D eigenvalue weighted by Crippen LogP contribution is -2.16. The first-order valence-corrected chi connectivity index (χ1v) is 7.16. The van der Waals surface area contributed by atoms with Gasteiger partial charge in [-0.05, 0) is 31.4 Å². The summed E-state index contributed by atoms with van der Waals surface area (Å²) in [5.41, 5.74) is 0.791. The third kappa shape index (κ3) is 3.18. The molecule has 0 aliphatic heterocycles. The van der Waals surface area contributed by atoms with Gasteiger partial charge in [0.1, 0.15) is 0 Å². The summed E-state index contributed by atoms with van der Waals surface area (Å²) in [5, 5.41) is 0.405. The van der Waals surface area contributed by atoms with Crippen molar-refractivity contribution in [2.45, 2.75) is 39.7 Å². The fraction of sp³-hybridized carbons (Fsp3) is 0.500. The molecule has 0 saturated heterocycles. The Morgan fingerprint density at radius 2 is 1.88 bits per heavy atom. The molecule has 0 aliphatic carbocycles. The van der Waals surface area contributed by atoms with E-state index in [-0.39, 0.29) is 6.10 Å². The van der Waals surface area contributed by atoms with Crippen molar-refractivity contribution in [3.8, 4) is 0 Å². The third-order valence-corrected chi connectivity index (χ3v) is 4.32. The summed E-state index contributed by atoms with van der Waals surface area (Å²) in [7, 11) is -3.67. The van der Waals surface area contributed by atoms with E-state index in [9.17, 15) is 9.46 Å². The zero-order valence-electron chi connectivity index (χ0n) is 10.0. The van der Waals surface area contributed by atoms with Gasteiger partial charge in [0.25, 0.3) is 0 Å². The van der Waals surface area contributed by atoms with Crippen molar-refractivity contribution >= 4 is 12.9 Å². The molecule has 0 aliphatic rings. The van der Waals surface area contributed by atoms with Crippen molar-refractivity contribution in [3.05, 3.63) is 29.8 Å². The van der Waals surface area contributed by atoms with Gasteiger partial charge in [-0.1, -0.05) is 32.0 Å². The molecule has 16 heavy (non-hydrogen) atoms. The van der Waals surface area contributed by atoms with E-state index in [0.29, 0.717) is 5.30 Å². The second kappa shape index (κ2) is 5.62. The molecular formula is C12H19O3P. The molecule has 0 heterocycles. The topological polar surface area (TPSA) is 46.5 Å². The molecule has 1 aromatic carbocycles. The molecule has 90 valence electrons. The molecule has 1 rings (SSSR count). The van der Waals surface area contributed by atoms with Crippen LogP contribution in [0, 0.1) is 6.92 Å². The minimum atomic E-state index is -3.67. The zero-order chi connectivity index (χ0) is 12.2. The molecule has 3 nitrogen and oxygen atoms in total. The Hall–Kier alpha value is -0.630. The molecule has 1 N–H and O–H groups in total. The van der Waals surface area contributed by atoms with Gasteiger partial charge in [0.15, 0.2) is 0 Å². The molecule has 1 aromatic rings. The van der Waals surface area contributed by atoms with Gasteiger partial charge in [0.2, 0.25) is 0 Å². The van der Waals surface area contributed by atoms with Gasteiger partial charge < -0.3 is 9.42 Å². The fourth-order valence-electron chi connectivity index (χ4n) is 1.58. The van der Waals surface area contributed by atoms with E-state index in [0.717, 1.165) is 18.4 Å². The smallest absolute Gasteiger partial charge is 0.321 e. The van der Waals surface area contributed by atoms with E-state index >= 15 is 0 Å². The number of rotatable bonds is 5. The lowest BCUT2D eigenvalue weighted by Gasteiger charge is -2.20. The van der Waals surface area contributed by atoms with Crippen LogP contribution in [0.15, 0.2) is 24.3 Å². The van der Waals surface area contributed by atoms with Crippen molar-refractivity contribution in [1.29, 1.82) is 0 Å². The van der Waals surface area contributed by atoms with Crippen LogP contribution in [0.2, 0.25) is 0 Å². The van der Waals surface area contributed by atoms with Crippen LogP contribution in [0.5, 0.6) is 0 Å². The highest BCUT2D eigenvalue weighted by atomic mass is 31.2. The Morgan fingerprint density at radius 3 is 2.38 bits per heavy atom. The lowest BCUT2D eigenvalue weighted by molar-refractivity contribution is 0.172. The highest BCUT2D eigenvalue weighted by molar-refractivity contribution is 7.61. The van der Waals surface area contributed by atoms with E-state index in [4.69, 9.17) is 4.52 Å². The van der Waals surface area contributed by atoms with E-state index < -0.39 is 7.60 Å². The van der Waals surface area contributed by atoms with Crippen LogP contribution in [0.3, 0.4) is 0 Å². The van der Waals surface area contributed by atoms with Gasteiger partial charge in [-0.2, -0.15) is 0 Å². The maximum Gasteiger partial charge on any atom is 0.359 e. The highest BCUT2D eigenvalue weighted by Crippen LogP contribution is 2.43. The fourth-order valence-corrected chi connectivity index (χ4v) is 3.19. The quantitative estimate of drug-likeness (QED) is 0.807. The van der Waals surface area contributed by atoms with Crippen LogP contribution >= 0.6 is 7.60 Å². The van der Waals surface area contributed by atoms with Crippen LogP contribution in [0.1, 0.15) is 32.3 Å². The van der Waals surface area contributed by atoms with E-state index in [1.54, 1.807) is 12.1 Å². The minimum absolute atomic E-state index is 0.157. The van der Waals surface area contributed by atoms with Crippen molar-refractivity contribution in [3.63, 3.8) is 0 Å². The molecule has 0 amide bonds. The summed E-state index contributed by atoms with van der Waals surface area (Å²) in [6, 6.07) is 7.06. The summed E-state index contributed by atoms with van der Waals surface area (Å²) >= 11 is 0. The predicted molar refractivity (Wildman–Crippen MR) is 66.1 cm³/mol. The first kappa shape index (κ1) is 13.4. The number of aryl methyl sites for hydroxylation is 1. The standard InChI is InChI=1S/C12H19O3P/c1-4-11(5-2)15-16(13,14)12-9-7-6-8-10(12)3/h6-9,11H,4-5H2,1-3H3,(H,13,14). The number of hydrogen-bond donors (Lipinski definition) is 1.